The van der Waals surface area contributed by atoms with Gasteiger partial charge in [-0.25, -0.2) is 9.63 Å². The Morgan fingerprint density at radius 2 is 0.968 bits per heavy atom. The summed E-state index contributed by atoms with van der Waals surface area (Å²) in [6.07, 6.45) is 2.64. The zero-order valence-corrected chi connectivity index (χ0v) is 74.3. The number of nitrogens with zero attached hydrogens (tertiary/aromatic N) is 2. The number of fused-ring (bicyclic) bond motifs is 9. The molecule has 13 atom stereocenters. The zero-order chi connectivity index (χ0) is 88.8. The van der Waals surface area contributed by atoms with Crippen molar-refractivity contribution in [1.29, 1.82) is 0 Å². The lowest BCUT2D eigenvalue weighted by Crippen LogP contribution is -2.61. The van der Waals surface area contributed by atoms with E-state index in [0.29, 0.717) is 122 Å². The van der Waals surface area contributed by atoms with Crippen LogP contribution in [0, 0.1) is 30.6 Å². The average molecular weight is 1750 g/mol. The number of hydrazine groups is 1. The molecule has 1 aliphatic carbocycles. The molecular weight excluding hydrogens is 1640 g/mol. The Bertz CT molecular complexity index is 5630. The summed E-state index contributed by atoms with van der Waals surface area (Å²) in [4.78, 5) is 34.2. The van der Waals surface area contributed by atoms with Crippen LogP contribution in [0.2, 0.25) is 0 Å². The minimum absolute atomic E-state index is 0.105. The number of nitrogens with one attached hydrogen (secondary N) is 2. The molecule has 0 spiro atoms. The van der Waals surface area contributed by atoms with E-state index in [1.54, 1.807) is 68.8 Å². The molecule has 0 aromatic heterocycles. The van der Waals surface area contributed by atoms with Crippen molar-refractivity contribution in [2.24, 2.45) is 23.7 Å². The molecule has 1 saturated carbocycles. The number of aliphatic hydroxyl groups is 1. The quantitative estimate of drug-likeness (QED) is 0.0276. The van der Waals surface area contributed by atoms with E-state index in [2.05, 4.69) is 63.7 Å². The van der Waals surface area contributed by atoms with Gasteiger partial charge in [-0.15, -0.1) is 0 Å². The van der Waals surface area contributed by atoms with Gasteiger partial charge in [0.25, 0.3) is 0 Å². The maximum atomic E-state index is 13.5. The SMILES string of the molecule is C=C(C)C1C(c2ccc(N(C)C)cc2)c2cc3c(cc2OC1(C)O)OCO3.C=S(=O)(NNC1Oc2cc3c(cc2C(c2cc(OC)c(OC)c(OC)c2)C1C)OCO3)c1ccc(C)cc1.CCOC(=O)C1C(c2ccc(OC)cc2)c2cc3c(cc2OC1(C)N1CCCC1)OCO3.COc1cc(C2c3cc4c(cc3OC3CCC(=O)C32)OCO4)cc(OC)c1OC. The van der Waals surface area contributed by atoms with Gasteiger partial charge in [0.15, 0.2) is 80.9 Å². The smallest absolute Gasteiger partial charge is 0.315 e. The third-order valence-corrected chi connectivity index (χ3v) is 26.5. The minimum atomic E-state index is -2.84. The Morgan fingerprint density at radius 3 is 1.42 bits per heavy atom. The van der Waals surface area contributed by atoms with E-state index in [-0.39, 0.29) is 86.5 Å². The van der Waals surface area contributed by atoms with Gasteiger partial charge in [0.2, 0.25) is 44.5 Å². The highest BCUT2D eigenvalue weighted by Crippen LogP contribution is 2.59. The number of ketones is 1. The largest absolute Gasteiger partial charge is 0.497 e. The summed E-state index contributed by atoms with van der Waals surface area (Å²) in [7, 11) is 12.3. The summed E-state index contributed by atoms with van der Waals surface area (Å²) in [5, 5.41) is 11.1. The second-order valence-electron chi connectivity index (χ2n) is 32.9. The van der Waals surface area contributed by atoms with Gasteiger partial charge in [0, 0.05) is 127 Å². The van der Waals surface area contributed by atoms with E-state index in [4.69, 9.17) is 94.7 Å². The molecule has 126 heavy (non-hydrogen) atoms. The second kappa shape index (κ2) is 36.0. The average Bonchev–Trinajstić information content (AvgIpc) is 0.931. The summed E-state index contributed by atoms with van der Waals surface area (Å²) in [5.41, 5.74) is 13.0. The maximum Gasteiger partial charge on any atom is 0.315 e. The highest BCUT2D eigenvalue weighted by Gasteiger charge is 2.57. The number of hydrogen-bond acceptors (Lipinski definition) is 27. The number of likely N-dealkylation sites (tertiary alicyclic amines) is 1. The zero-order valence-electron chi connectivity index (χ0n) is 73.5. The first-order valence-electron chi connectivity index (χ1n) is 42.0. The Hall–Kier alpha value is -12.3. The standard InChI is InChI=1S/C28H32N2O7S.C25H29NO6.C22H25NO4.C22H22O7/c1-16-7-9-19(10-8-16)38(6,31)30-29-28-17(2)26(18-11-24(32-3)27(34-5)25(12-18)33-4)20-13-22-23(36-15-35-22)14-21(20)37-28;1-4-29-24(27)23-22(16-7-9-17(28-3)10-8-16)18-13-20-21(31-15-30-20)14-19(18)32-25(23,2)26-11-5-6-12-26;1-13(2)21-20(14-6-8-15(9-7-14)23(4)5)16-10-18-19(26-12-25-18)11-17(16)27-22(21,3)24;1-24-18-6-11(7-19(25-2)22(18)26-3)20-12-8-16-17(28-10-27-16)9-15(12)29-14-5-4-13(23)21(14)20/h7-14,17,26,28-29H,6,15H2,1-5H3,(H,30,31);7-10,13-14,22-23H,4-6,11-12,15H2,1-3H3;6-11,20-21,24H,1,12H2,2-5H3;6-9,14,20-21H,4-5,10H2,1-3H3. The summed E-state index contributed by atoms with van der Waals surface area (Å²) < 4.78 is 128. The van der Waals surface area contributed by atoms with Crippen molar-refractivity contribution in [2.75, 3.05) is 116 Å². The maximum absolute atomic E-state index is 13.5. The summed E-state index contributed by atoms with van der Waals surface area (Å²) >= 11 is 0. The number of aryl methyl sites for hydroxylation is 1. The van der Waals surface area contributed by atoms with Crippen molar-refractivity contribution < 1.29 is 114 Å². The molecule has 10 aliphatic rings. The number of carbonyl (C=O) groups excluding carboxylic acids is 2. The van der Waals surface area contributed by atoms with Gasteiger partial charge < -0.3 is 105 Å². The number of esters is 1. The molecule has 0 radical (unpaired) electrons. The molecule has 9 aliphatic heterocycles. The van der Waals surface area contributed by atoms with Crippen LogP contribution in [0.15, 0.2) is 163 Å². The molecule has 9 heterocycles. The molecule has 0 bridgehead atoms. The van der Waals surface area contributed by atoms with Crippen LogP contribution in [0.3, 0.4) is 0 Å². The molecular formula is C97H108N4O24S. The van der Waals surface area contributed by atoms with Gasteiger partial charge >= 0.3 is 5.97 Å². The van der Waals surface area contributed by atoms with Crippen LogP contribution in [-0.2, 0) is 24.0 Å². The minimum Gasteiger partial charge on any atom is -0.497 e. The topological polar surface area (TPSA) is 287 Å². The number of carbonyl (C=O) groups is 2. The molecule has 2 fully saturated rings. The molecule has 1 saturated heterocycles. The van der Waals surface area contributed by atoms with Crippen LogP contribution < -0.4 is 105 Å². The third kappa shape index (κ3) is 16.7. The van der Waals surface area contributed by atoms with Crippen molar-refractivity contribution >= 4 is 33.0 Å². The van der Waals surface area contributed by atoms with Crippen LogP contribution >= 0.6 is 0 Å². The van der Waals surface area contributed by atoms with E-state index in [1.165, 1.54) is 0 Å². The highest BCUT2D eigenvalue weighted by atomic mass is 32.2. The number of benzene rings is 9. The number of Topliss-reactive ketones (excluding diaryl/α,β-unsaturated/α-hetero) is 1. The van der Waals surface area contributed by atoms with Crippen LogP contribution in [-0.4, -0.2) is 166 Å². The van der Waals surface area contributed by atoms with Crippen LogP contribution in [0.1, 0.15) is 134 Å². The Labute approximate surface area is 734 Å². The van der Waals surface area contributed by atoms with Gasteiger partial charge in [-0.2, -0.15) is 4.83 Å². The Balaban J connectivity index is 0.000000125. The summed E-state index contributed by atoms with van der Waals surface area (Å²) in [5.74, 6) is 12.4. The lowest BCUT2D eigenvalue weighted by atomic mass is 9.71. The molecule has 19 rings (SSSR count). The summed E-state index contributed by atoms with van der Waals surface area (Å²) in [6.45, 7) is 18.4. The Kier molecular flexibility index (Phi) is 24.9. The van der Waals surface area contributed by atoms with Crippen molar-refractivity contribution in [1.82, 2.24) is 15.2 Å². The number of methoxy groups -OCH3 is 7. The fourth-order valence-electron chi connectivity index (χ4n) is 18.9. The number of anilines is 1. The Morgan fingerprint density at radius 1 is 0.540 bits per heavy atom. The van der Waals surface area contributed by atoms with Crippen LogP contribution in [0.4, 0.5) is 5.69 Å². The second-order valence-corrected chi connectivity index (χ2v) is 35.0. The van der Waals surface area contributed by atoms with Gasteiger partial charge in [-0.1, -0.05) is 61.0 Å². The molecule has 9 aromatic carbocycles. The number of rotatable bonds is 20. The monoisotopic (exact) mass is 1740 g/mol. The molecule has 3 N–H and O–H groups in total. The van der Waals surface area contributed by atoms with E-state index in [1.807, 2.05) is 151 Å². The number of hydrogen-bond donors (Lipinski definition) is 3. The van der Waals surface area contributed by atoms with Gasteiger partial charge in [-0.3, -0.25) is 14.5 Å². The first kappa shape index (κ1) is 87.2. The molecule has 28 nitrogen and oxygen atoms in total. The van der Waals surface area contributed by atoms with Crippen molar-refractivity contribution in [2.45, 2.75) is 120 Å². The van der Waals surface area contributed by atoms with Crippen molar-refractivity contribution in [3.63, 3.8) is 0 Å². The molecule has 0 amide bonds. The van der Waals surface area contributed by atoms with Crippen molar-refractivity contribution in [3.8, 4) is 109 Å². The molecule has 666 valence electrons. The molecule has 9 aromatic rings. The predicted octanol–water partition coefficient (Wildman–Crippen LogP) is 15.2. The first-order valence-corrected chi connectivity index (χ1v) is 43.7. The van der Waals surface area contributed by atoms with Gasteiger partial charge in [0.1, 0.15) is 46.6 Å². The van der Waals surface area contributed by atoms with E-state index >= 15 is 0 Å². The fraction of sp³-hybridized carbons (Fsp3) is 0.392. The normalized spacial score (nSPS) is 24.0. The molecule has 13 unspecified atom stereocenters. The van der Waals surface area contributed by atoms with Gasteiger partial charge in [0.05, 0.1) is 77.9 Å². The van der Waals surface area contributed by atoms with E-state index in [0.717, 1.165) is 98.8 Å². The fourth-order valence-corrected chi connectivity index (χ4v) is 19.9. The highest BCUT2D eigenvalue weighted by molar-refractivity contribution is 7.98. The van der Waals surface area contributed by atoms with Crippen LogP contribution in [0.25, 0.3) is 0 Å². The van der Waals surface area contributed by atoms with Crippen molar-refractivity contribution in [3.05, 3.63) is 208 Å². The van der Waals surface area contributed by atoms with E-state index < -0.39 is 33.4 Å². The summed E-state index contributed by atoms with van der Waals surface area (Å²) in [6, 6.07) is 46.5. The molecule has 29 heteroatoms. The number of ether oxygens (including phenoxy) is 20. The van der Waals surface area contributed by atoms with E-state index in [9.17, 15) is 18.9 Å². The first-order chi connectivity index (χ1) is 60.7. The van der Waals surface area contributed by atoms with Crippen LogP contribution in [0.5, 0.6) is 109 Å². The predicted molar refractivity (Wildman–Crippen MR) is 470 cm³/mol. The lowest BCUT2D eigenvalue weighted by molar-refractivity contribution is -0.174. The van der Waals surface area contributed by atoms with Gasteiger partial charge in [-0.05, 0) is 160 Å². The third-order valence-electron chi connectivity index (χ3n) is 25.1. The lowest BCUT2D eigenvalue weighted by Gasteiger charge is -2.49.